The van der Waals surface area contributed by atoms with Gasteiger partial charge in [-0.15, -0.1) is 0 Å². The summed E-state index contributed by atoms with van der Waals surface area (Å²) in [6.45, 7) is 10.3. The molecule has 6 heteroatoms. The largest absolute Gasteiger partial charge is 0.378 e. The third-order valence-corrected chi connectivity index (χ3v) is 7.67. The number of piperidine rings is 2. The third-order valence-electron chi connectivity index (χ3n) is 7.67. The summed E-state index contributed by atoms with van der Waals surface area (Å²) >= 11 is 0. The maximum atomic E-state index is 12.9. The maximum Gasteiger partial charge on any atom is 0.227 e. The highest BCUT2D eigenvalue weighted by Gasteiger charge is 2.48. The van der Waals surface area contributed by atoms with Gasteiger partial charge >= 0.3 is 0 Å². The van der Waals surface area contributed by atoms with E-state index in [1.165, 1.54) is 16.5 Å². The Kier molecular flexibility index (Phi) is 5.61. The van der Waals surface area contributed by atoms with Crippen molar-refractivity contribution in [1.29, 1.82) is 0 Å². The summed E-state index contributed by atoms with van der Waals surface area (Å²) in [5.41, 5.74) is 3.31. The number of fused-ring (bicyclic) bond motifs is 1. The molecule has 2 atom stereocenters. The smallest absolute Gasteiger partial charge is 0.227 e. The van der Waals surface area contributed by atoms with Crippen molar-refractivity contribution in [3.63, 3.8) is 0 Å². The number of benzene rings is 1. The van der Waals surface area contributed by atoms with Crippen LogP contribution in [-0.2, 0) is 16.1 Å². The number of carbonyl (C=O) groups is 1. The molecule has 3 aliphatic rings. The highest BCUT2D eigenvalue weighted by atomic mass is 16.5. The molecule has 1 aromatic heterocycles. The Morgan fingerprint density at radius 2 is 1.97 bits per heavy atom. The summed E-state index contributed by atoms with van der Waals surface area (Å²) in [7, 11) is 0. The minimum atomic E-state index is -0.239. The first-order valence-corrected chi connectivity index (χ1v) is 11.8. The van der Waals surface area contributed by atoms with Gasteiger partial charge in [0.1, 0.15) is 5.82 Å². The van der Waals surface area contributed by atoms with Crippen LogP contribution in [0.5, 0.6) is 0 Å². The fraction of sp³-hybridized carbons (Fsp3) is 0.600. The number of carbonyl (C=O) groups excluding carboxylic acids is 1. The number of hydrogen-bond acceptors (Lipinski definition) is 5. The van der Waals surface area contributed by atoms with Crippen molar-refractivity contribution in [3.8, 4) is 0 Å². The molecule has 2 aromatic rings. The Hall–Kier alpha value is -2.18. The van der Waals surface area contributed by atoms with E-state index in [0.29, 0.717) is 0 Å². The average Bonchev–Trinajstić information content (AvgIpc) is 2.79. The molecule has 6 nitrogen and oxygen atoms in total. The number of likely N-dealkylation sites (tertiary alicyclic amines) is 1. The molecule has 5 rings (SSSR count). The second kappa shape index (κ2) is 8.40. The molecule has 1 amide bonds. The van der Waals surface area contributed by atoms with Crippen molar-refractivity contribution in [2.24, 2.45) is 5.41 Å². The zero-order valence-electron chi connectivity index (χ0n) is 18.8. The molecule has 166 valence electrons. The van der Waals surface area contributed by atoms with Crippen LogP contribution in [0, 0.1) is 12.3 Å². The molecule has 0 saturated carbocycles. The Balaban J connectivity index is 1.49. The molecule has 0 bridgehead atoms. The monoisotopic (exact) mass is 422 g/mol. The lowest BCUT2D eigenvalue weighted by molar-refractivity contribution is -0.142. The van der Waals surface area contributed by atoms with Crippen molar-refractivity contribution in [1.82, 2.24) is 15.2 Å². The van der Waals surface area contributed by atoms with E-state index in [0.717, 1.165) is 83.0 Å². The zero-order valence-corrected chi connectivity index (χ0v) is 18.8. The number of ether oxygens (including phenoxy) is 1. The van der Waals surface area contributed by atoms with Crippen LogP contribution >= 0.6 is 0 Å². The topological polar surface area (TPSA) is 57.7 Å². The first-order chi connectivity index (χ1) is 15.1. The van der Waals surface area contributed by atoms with E-state index in [4.69, 9.17) is 9.72 Å². The minimum absolute atomic E-state index is 0.229. The molecule has 3 aliphatic heterocycles. The molecule has 3 saturated heterocycles. The Morgan fingerprint density at radius 3 is 2.77 bits per heavy atom. The quantitative estimate of drug-likeness (QED) is 0.823. The van der Waals surface area contributed by atoms with Crippen LogP contribution in [0.25, 0.3) is 10.9 Å². The summed E-state index contributed by atoms with van der Waals surface area (Å²) in [6.07, 6.45) is 4.16. The van der Waals surface area contributed by atoms with Gasteiger partial charge in [-0.3, -0.25) is 9.69 Å². The molecule has 0 radical (unpaired) electrons. The number of hydrogen-bond donors (Lipinski definition) is 1. The number of pyridine rings is 1. The van der Waals surface area contributed by atoms with Gasteiger partial charge in [0.25, 0.3) is 0 Å². The lowest BCUT2D eigenvalue weighted by Crippen LogP contribution is -2.59. The van der Waals surface area contributed by atoms with E-state index in [1.54, 1.807) is 0 Å². The molecule has 4 heterocycles. The minimum Gasteiger partial charge on any atom is -0.378 e. The van der Waals surface area contributed by atoms with E-state index < -0.39 is 0 Å². The predicted octanol–water partition coefficient (Wildman–Crippen LogP) is 3.26. The lowest BCUT2D eigenvalue weighted by atomic mass is 9.68. The molecule has 3 fully saturated rings. The number of anilines is 1. The number of aryl methyl sites for hydroxylation is 1. The Labute approximate surface area is 184 Å². The average molecular weight is 423 g/mol. The van der Waals surface area contributed by atoms with E-state index in [1.807, 2.05) is 0 Å². The van der Waals surface area contributed by atoms with Gasteiger partial charge in [-0.05, 0) is 63.8 Å². The van der Waals surface area contributed by atoms with E-state index in [9.17, 15) is 4.79 Å². The number of rotatable bonds is 3. The zero-order chi connectivity index (χ0) is 21.4. The van der Waals surface area contributed by atoms with Crippen LogP contribution in [0.15, 0.2) is 24.3 Å². The normalized spacial score (nSPS) is 27.6. The molecule has 1 aromatic carbocycles. The Bertz CT molecular complexity index is 967. The van der Waals surface area contributed by atoms with Gasteiger partial charge in [0, 0.05) is 43.2 Å². The summed E-state index contributed by atoms with van der Waals surface area (Å²) in [5, 5.41) is 4.34. The van der Waals surface area contributed by atoms with Crippen LogP contribution < -0.4 is 10.2 Å². The molecule has 31 heavy (non-hydrogen) atoms. The van der Waals surface area contributed by atoms with Crippen LogP contribution in [0.4, 0.5) is 5.82 Å². The van der Waals surface area contributed by atoms with Gasteiger partial charge in [-0.1, -0.05) is 12.1 Å². The first-order valence-electron chi connectivity index (χ1n) is 11.8. The van der Waals surface area contributed by atoms with Crippen LogP contribution in [0.1, 0.15) is 43.7 Å². The number of amides is 1. The standard InChI is InChI=1S/C25H34N4O2/c1-18-5-6-20-16-21(23(27-22(20)15-18)28-11-13-31-14-12-28)17-29-10-4-8-25(19(29)2)7-3-9-26-24(25)30/h5-6,15-16,19H,3-4,7-14,17H2,1-2H3,(H,26,30)/t19-,25+/m1/s1. The maximum absolute atomic E-state index is 12.9. The van der Waals surface area contributed by atoms with Crippen molar-refractivity contribution in [2.75, 3.05) is 44.3 Å². The fourth-order valence-corrected chi connectivity index (χ4v) is 5.79. The summed E-state index contributed by atoms with van der Waals surface area (Å²) in [6, 6.07) is 9.07. The van der Waals surface area contributed by atoms with Crippen molar-refractivity contribution >= 4 is 22.6 Å². The SMILES string of the molecule is Cc1ccc2cc(CN3CCC[C@@]4(CCCNC4=O)[C@H]3C)c(N3CCOCC3)nc2c1. The summed E-state index contributed by atoms with van der Waals surface area (Å²) < 4.78 is 5.60. The van der Waals surface area contributed by atoms with Crippen molar-refractivity contribution < 1.29 is 9.53 Å². The fourth-order valence-electron chi connectivity index (χ4n) is 5.79. The molecule has 1 N–H and O–H groups in total. The van der Waals surface area contributed by atoms with E-state index >= 15 is 0 Å². The molecular formula is C25H34N4O2. The van der Waals surface area contributed by atoms with Gasteiger partial charge in [0.2, 0.25) is 5.91 Å². The molecular weight excluding hydrogens is 388 g/mol. The lowest BCUT2D eigenvalue weighted by Gasteiger charge is -2.49. The van der Waals surface area contributed by atoms with Gasteiger partial charge in [0.05, 0.1) is 24.1 Å². The second-order valence-electron chi connectivity index (χ2n) is 9.53. The number of morpholine rings is 1. The molecule has 0 unspecified atom stereocenters. The number of aromatic nitrogens is 1. The first kappa shape index (κ1) is 20.7. The van der Waals surface area contributed by atoms with Crippen LogP contribution in [-0.4, -0.2) is 61.2 Å². The second-order valence-corrected chi connectivity index (χ2v) is 9.53. The Morgan fingerprint density at radius 1 is 1.16 bits per heavy atom. The van der Waals surface area contributed by atoms with Crippen molar-refractivity contribution in [3.05, 3.63) is 35.4 Å². The number of nitrogens with one attached hydrogen (secondary N) is 1. The summed E-state index contributed by atoms with van der Waals surface area (Å²) in [5.74, 6) is 1.35. The third kappa shape index (κ3) is 3.80. The highest BCUT2D eigenvalue weighted by Crippen LogP contribution is 2.42. The number of nitrogens with zero attached hydrogens (tertiary/aromatic N) is 3. The van der Waals surface area contributed by atoms with Crippen LogP contribution in [0.3, 0.4) is 0 Å². The van der Waals surface area contributed by atoms with Gasteiger partial charge in [0.15, 0.2) is 0 Å². The van der Waals surface area contributed by atoms with Gasteiger partial charge < -0.3 is 15.0 Å². The molecule has 1 spiro atoms. The van der Waals surface area contributed by atoms with E-state index in [-0.39, 0.29) is 17.4 Å². The predicted molar refractivity (Wildman–Crippen MR) is 123 cm³/mol. The molecule has 0 aliphatic carbocycles. The highest BCUT2D eigenvalue weighted by molar-refractivity contribution is 5.84. The summed E-state index contributed by atoms with van der Waals surface area (Å²) in [4.78, 5) is 23.0. The van der Waals surface area contributed by atoms with Gasteiger partial charge in [-0.25, -0.2) is 4.98 Å². The van der Waals surface area contributed by atoms with Gasteiger partial charge in [-0.2, -0.15) is 0 Å². The van der Waals surface area contributed by atoms with Crippen molar-refractivity contribution in [2.45, 2.75) is 52.1 Å². The van der Waals surface area contributed by atoms with E-state index in [2.05, 4.69) is 53.2 Å². The van der Waals surface area contributed by atoms with Crippen LogP contribution in [0.2, 0.25) is 0 Å².